The molecular formula is C20H23N5O5. The molecule has 0 aliphatic carbocycles. The summed E-state index contributed by atoms with van der Waals surface area (Å²) in [5.74, 6) is -2.17. The van der Waals surface area contributed by atoms with Gasteiger partial charge in [0.2, 0.25) is 0 Å². The molecular weight excluding hydrogens is 390 g/mol. The molecule has 1 aliphatic heterocycles. The number of fused-ring (bicyclic) bond motifs is 1. The van der Waals surface area contributed by atoms with E-state index < -0.39 is 23.9 Å². The second-order valence-electron chi connectivity index (χ2n) is 6.92. The van der Waals surface area contributed by atoms with Crippen molar-refractivity contribution < 1.29 is 24.6 Å². The number of aryl methyl sites for hydroxylation is 2. The summed E-state index contributed by atoms with van der Waals surface area (Å²) >= 11 is 0. The number of amides is 1. The lowest BCUT2D eigenvalue weighted by atomic mass is 9.99. The fourth-order valence-electron chi connectivity index (χ4n) is 3.30. The monoisotopic (exact) mass is 413 g/mol. The van der Waals surface area contributed by atoms with Gasteiger partial charge in [-0.2, -0.15) is 0 Å². The molecule has 1 aliphatic rings. The van der Waals surface area contributed by atoms with E-state index in [1.807, 2.05) is 18.5 Å². The Bertz CT molecular complexity index is 997. The predicted octanol–water partition coefficient (Wildman–Crippen LogP) is 1.23. The molecule has 0 radical (unpaired) electrons. The van der Waals surface area contributed by atoms with E-state index in [1.165, 1.54) is 6.07 Å². The Kier molecular flexibility index (Phi) is 6.35. The smallest absolute Gasteiger partial charge is 0.326 e. The molecule has 0 spiro atoms. The zero-order chi connectivity index (χ0) is 21.7. The Balaban J connectivity index is 1.70. The van der Waals surface area contributed by atoms with Crippen LogP contribution in [0, 0.1) is 0 Å². The number of aliphatic carboxylic acids is 2. The summed E-state index contributed by atoms with van der Waals surface area (Å²) in [5, 5.41) is 23.5. The summed E-state index contributed by atoms with van der Waals surface area (Å²) in [7, 11) is 0. The third-order valence-corrected chi connectivity index (χ3v) is 4.93. The van der Waals surface area contributed by atoms with Gasteiger partial charge in [0.1, 0.15) is 18.5 Å². The predicted molar refractivity (Wildman–Crippen MR) is 111 cm³/mol. The standard InChI is InChI=1S/C20H23N5O5/c21-17-11(4-5-12-8-23-18-14(12)9-22-10-24-18)2-1-3-13(17)19(28)25-15(20(29)30)6-7-16(26)27/h1-3,8-9,15,23-24H,4-7,10,21H2,(H,25,28)(H,26,27)(H,29,30)/t15-/m0/s1. The molecule has 3 rings (SSSR count). The van der Waals surface area contributed by atoms with Crippen molar-refractivity contribution >= 4 is 35.6 Å². The third-order valence-electron chi connectivity index (χ3n) is 4.93. The first-order chi connectivity index (χ1) is 14.4. The number of nitrogen functional groups attached to an aromatic ring is 1. The number of hydrogen-bond acceptors (Lipinski definition) is 6. The van der Waals surface area contributed by atoms with Gasteiger partial charge in [-0.3, -0.25) is 14.6 Å². The average Bonchev–Trinajstić information content (AvgIpc) is 3.13. The average molecular weight is 413 g/mol. The summed E-state index contributed by atoms with van der Waals surface area (Å²) in [5.41, 5.74) is 9.44. The third kappa shape index (κ3) is 4.77. The van der Waals surface area contributed by atoms with Gasteiger partial charge in [0, 0.05) is 30.1 Å². The number of carboxylic acid groups (broad SMARTS) is 2. The van der Waals surface area contributed by atoms with Crippen LogP contribution in [0.3, 0.4) is 0 Å². The summed E-state index contributed by atoms with van der Waals surface area (Å²) < 4.78 is 0. The van der Waals surface area contributed by atoms with E-state index in [4.69, 9.17) is 10.8 Å². The highest BCUT2D eigenvalue weighted by molar-refractivity contribution is 6.01. The van der Waals surface area contributed by atoms with Gasteiger partial charge in [-0.15, -0.1) is 0 Å². The fraction of sp³-hybridized carbons (Fsp3) is 0.300. The van der Waals surface area contributed by atoms with Gasteiger partial charge in [-0.25, -0.2) is 4.79 Å². The molecule has 158 valence electrons. The molecule has 1 atom stereocenters. The number of aliphatic imine (C=N–C) groups is 1. The van der Waals surface area contributed by atoms with Gasteiger partial charge in [-0.05, 0) is 36.5 Å². The molecule has 1 amide bonds. The summed E-state index contributed by atoms with van der Waals surface area (Å²) in [4.78, 5) is 42.0. The highest BCUT2D eigenvalue weighted by atomic mass is 16.4. The number of anilines is 2. The molecule has 0 fully saturated rings. The van der Waals surface area contributed by atoms with Gasteiger partial charge in [0.15, 0.2) is 0 Å². The number of benzene rings is 1. The first-order valence-electron chi connectivity index (χ1n) is 9.43. The van der Waals surface area contributed by atoms with Crippen LogP contribution in [0.15, 0.2) is 29.4 Å². The maximum absolute atomic E-state index is 12.6. The number of nitrogens with one attached hydrogen (secondary N) is 3. The van der Waals surface area contributed by atoms with Crippen LogP contribution in [-0.2, 0) is 22.4 Å². The van der Waals surface area contributed by atoms with Crippen LogP contribution in [-0.4, -0.2) is 52.0 Å². The van der Waals surface area contributed by atoms with E-state index in [1.54, 1.807) is 6.07 Å². The lowest BCUT2D eigenvalue weighted by Crippen LogP contribution is -2.41. The Morgan fingerprint density at radius 2 is 1.97 bits per heavy atom. The molecule has 0 bridgehead atoms. The van der Waals surface area contributed by atoms with Crippen molar-refractivity contribution in [1.82, 2.24) is 10.3 Å². The summed E-state index contributed by atoms with van der Waals surface area (Å²) in [6.45, 7) is 0.529. The van der Waals surface area contributed by atoms with Gasteiger partial charge in [0.25, 0.3) is 5.91 Å². The number of carboxylic acids is 2. The first-order valence-corrected chi connectivity index (χ1v) is 9.43. The zero-order valence-corrected chi connectivity index (χ0v) is 16.1. The van der Waals surface area contributed by atoms with Crippen LogP contribution in [0.25, 0.3) is 0 Å². The molecule has 2 heterocycles. The van der Waals surface area contributed by atoms with E-state index >= 15 is 0 Å². The number of H-pyrrole nitrogens is 1. The van der Waals surface area contributed by atoms with Gasteiger partial charge in [0.05, 0.1) is 5.56 Å². The van der Waals surface area contributed by atoms with E-state index in [9.17, 15) is 19.5 Å². The highest BCUT2D eigenvalue weighted by Gasteiger charge is 2.23. The number of nitrogens with zero attached hydrogens (tertiary/aromatic N) is 1. The topological polar surface area (TPSA) is 170 Å². The Morgan fingerprint density at radius 3 is 2.70 bits per heavy atom. The van der Waals surface area contributed by atoms with Crippen LogP contribution in [0.1, 0.15) is 39.9 Å². The number of nitrogens with two attached hydrogens (primary N) is 1. The second kappa shape index (κ2) is 9.12. The normalized spacial score (nSPS) is 13.2. The molecule has 30 heavy (non-hydrogen) atoms. The Morgan fingerprint density at radius 1 is 1.20 bits per heavy atom. The van der Waals surface area contributed by atoms with E-state index in [2.05, 4.69) is 20.6 Å². The second-order valence-corrected chi connectivity index (χ2v) is 6.92. The lowest BCUT2D eigenvalue weighted by molar-refractivity contribution is -0.140. The summed E-state index contributed by atoms with van der Waals surface area (Å²) in [6, 6.07) is 3.70. The van der Waals surface area contributed by atoms with Gasteiger partial charge in [-0.1, -0.05) is 12.1 Å². The molecule has 7 N–H and O–H groups in total. The highest BCUT2D eigenvalue weighted by Crippen LogP contribution is 2.24. The van der Waals surface area contributed by atoms with Crippen molar-refractivity contribution in [3.63, 3.8) is 0 Å². The number of rotatable bonds is 9. The van der Waals surface area contributed by atoms with E-state index in [0.29, 0.717) is 19.5 Å². The molecule has 10 heteroatoms. The number of carbonyl (C=O) groups excluding carboxylic acids is 1. The SMILES string of the molecule is Nc1c(CCc2c[nH]c3c2C=NCN3)cccc1C(=O)N[C@@H](CCC(=O)O)C(=O)O. The van der Waals surface area contributed by atoms with Crippen molar-refractivity contribution in [3.8, 4) is 0 Å². The fourth-order valence-corrected chi connectivity index (χ4v) is 3.30. The zero-order valence-electron chi connectivity index (χ0n) is 16.1. The maximum atomic E-state index is 12.6. The van der Waals surface area contributed by atoms with Crippen LogP contribution >= 0.6 is 0 Å². The number of aromatic nitrogens is 1. The van der Waals surface area contributed by atoms with Crippen LogP contribution in [0.4, 0.5) is 11.5 Å². The molecule has 0 saturated heterocycles. The number of hydrogen-bond donors (Lipinski definition) is 6. The van der Waals surface area contributed by atoms with Gasteiger partial charge < -0.3 is 31.6 Å². The number of carbonyl (C=O) groups is 3. The minimum absolute atomic E-state index is 0.161. The molecule has 10 nitrogen and oxygen atoms in total. The Labute approximate surface area is 172 Å². The van der Waals surface area contributed by atoms with Crippen molar-refractivity contribution in [2.24, 2.45) is 4.99 Å². The quantitative estimate of drug-likeness (QED) is 0.336. The number of aromatic amines is 1. The van der Waals surface area contributed by atoms with E-state index in [-0.39, 0.29) is 24.1 Å². The first kappa shape index (κ1) is 20.9. The van der Waals surface area contributed by atoms with Crippen molar-refractivity contribution in [1.29, 1.82) is 0 Å². The Hall–Kier alpha value is -3.82. The van der Waals surface area contributed by atoms with Crippen LogP contribution in [0.2, 0.25) is 0 Å². The minimum Gasteiger partial charge on any atom is -0.481 e. The largest absolute Gasteiger partial charge is 0.481 e. The molecule has 0 unspecified atom stereocenters. The molecule has 2 aromatic rings. The maximum Gasteiger partial charge on any atom is 0.326 e. The summed E-state index contributed by atoms with van der Waals surface area (Å²) in [6.07, 6.45) is 4.38. The van der Waals surface area contributed by atoms with Crippen LogP contribution in [0.5, 0.6) is 0 Å². The van der Waals surface area contributed by atoms with Crippen molar-refractivity contribution in [2.45, 2.75) is 31.7 Å². The molecule has 1 aromatic heterocycles. The van der Waals surface area contributed by atoms with E-state index in [0.717, 1.165) is 22.5 Å². The van der Waals surface area contributed by atoms with Crippen molar-refractivity contribution in [3.05, 3.63) is 46.6 Å². The van der Waals surface area contributed by atoms with Crippen LogP contribution < -0.4 is 16.4 Å². The minimum atomic E-state index is -1.31. The van der Waals surface area contributed by atoms with Crippen molar-refractivity contribution in [2.75, 3.05) is 17.7 Å². The van der Waals surface area contributed by atoms with Gasteiger partial charge >= 0.3 is 11.9 Å². The number of para-hydroxylation sites is 1. The lowest BCUT2D eigenvalue weighted by Gasteiger charge is -2.16. The molecule has 0 saturated carbocycles. The molecule has 1 aromatic carbocycles.